The molecule has 0 radical (unpaired) electrons. The van der Waals surface area contributed by atoms with Crippen LogP contribution in [0, 0.1) is 6.92 Å². The summed E-state index contributed by atoms with van der Waals surface area (Å²) in [6.07, 6.45) is 5.80. The minimum Gasteiger partial charge on any atom is -0.467 e. The van der Waals surface area contributed by atoms with Crippen molar-refractivity contribution >= 4 is 16.8 Å². The largest absolute Gasteiger partial charge is 0.467 e. The summed E-state index contributed by atoms with van der Waals surface area (Å²) in [7, 11) is 1.84. The minimum absolute atomic E-state index is 0.0487. The molecule has 2 aromatic heterocycles. The van der Waals surface area contributed by atoms with E-state index in [0.717, 1.165) is 64.7 Å². The summed E-state index contributed by atoms with van der Waals surface area (Å²) in [5.74, 6) is 0.840. The molecule has 1 aliphatic carbocycles. The average molecular weight is 334 g/mol. The molecule has 128 valence electrons. The van der Waals surface area contributed by atoms with Crippen molar-refractivity contribution in [2.24, 2.45) is 0 Å². The molecule has 0 unspecified atom stereocenters. The fourth-order valence-electron chi connectivity index (χ4n) is 3.68. The Hall–Kier alpha value is -2.62. The number of carbonyl (C=O) groups is 1. The minimum atomic E-state index is 0.0487. The summed E-state index contributed by atoms with van der Waals surface area (Å²) in [5.41, 5.74) is 5.13. The number of hydrogen-bond donors (Lipinski definition) is 0. The molecular weight excluding hydrogens is 312 g/mol. The maximum Gasteiger partial charge on any atom is 0.255 e. The zero-order valence-corrected chi connectivity index (χ0v) is 14.7. The van der Waals surface area contributed by atoms with Gasteiger partial charge in [0.25, 0.3) is 5.91 Å². The number of hydrogen-bond acceptors (Lipinski definition) is 3. The lowest BCUT2D eigenvalue weighted by Crippen LogP contribution is -2.28. The summed E-state index contributed by atoms with van der Waals surface area (Å²) < 4.78 is 5.40. The maximum absolute atomic E-state index is 13.3. The van der Waals surface area contributed by atoms with Gasteiger partial charge in [0.05, 0.1) is 23.9 Å². The number of amides is 1. The van der Waals surface area contributed by atoms with E-state index < -0.39 is 0 Å². The van der Waals surface area contributed by atoms with Crippen LogP contribution in [0.15, 0.2) is 41.0 Å². The van der Waals surface area contributed by atoms with Crippen molar-refractivity contribution in [3.05, 3.63) is 64.7 Å². The molecule has 4 rings (SSSR count). The summed E-state index contributed by atoms with van der Waals surface area (Å²) in [6, 6.07) is 9.92. The van der Waals surface area contributed by atoms with E-state index >= 15 is 0 Å². The van der Waals surface area contributed by atoms with E-state index in [1.54, 1.807) is 11.2 Å². The predicted octanol–water partition coefficient (Wildman–Crippen LogP) is 4.29. The molecular formula is C21H22N2O2. The molecule has 0 saturated carbocycles. The molecule has 0 fully saturated rings. The fraction of sp³-hybridized carbons (Fsp3) is 0.333. The molecule has 0 atom stereocenters. The molecule has 0 bridgehead atoms. The second-order valence-electron chi connectivity index (χ2n) is 6.88. The van der Waals surface area contributed by atoms with Crippen molar-refractivity contribution < 1.29 is 9.21 Å². The smallest absolute Gasteiger partial charge is 0.255 e. The Morgan fingerprint density at radius 1 is 1.24 bits per heavy atom. The molecule has 1 aromatic carbocycles. The standard InChI is InChI=1S/C21H22N2O2/c1-14-9-10-19-17(12-14)20(16-7-3-4-8-18(16)22-19)21(24)23(2)13-15-6-5-11-25-15/h5-6,9-12H,3-4,7-8,13H2,1-2H3. The first-order chi connectivity index (χ1) is 12.1. The lowest BCUT2D eigenvalue weighted by molar-refractivity contribution is 0.0776. The Morgan fingerprint density at radius 2 is 2.08 bits per heavy atom. The number of pyridine rings is 1. The Bertz CT molecular complexity index is 929. The van der Waals surface area contributed by atoms with Crippen LogP contribution in [0.3, 0.4) is 0 Å². The molecule has 0 spiro atoms. The number of aryl methyl sites for hydroxylation is 2. The zero-order valence-electron chi connectivity index (χ0n) is 14.7. The van der Waals surface area contributed by atoms with Crippen LogP contribution in [0.2, 0.25) is 0 Å². The fourth-order valence-corrected chi connectivity index (χ4v) is 3.68. The second-order valence-corrected chi connectivity index (χ2v) is 6.88. The Morgan fingerprint density at radius 3 is 2.88 bits per heavy atom. The highest BCUT2D eigenvalue weighted by molar-refractivity contribution is 6.07. The molecule has 25 heavy (non-hydrogen) atoms. The summed E-state index contributed by atoms with van der Waals surface area (Å²) in [5, 5.41) is 0.969. The third-order valence-electron chi connectivity index (χ3n) is 4.95. The van der Waals surface area contributed by atoms with Gasteiger partial charge < -0.3 is 9.32 Å². The number of carbonyl (C=O) groups excluding carboxylic acids is 1. The maximum atomic E-state index is 13.3. The molecule has 4 heteroatoms. The van der Waals surface area contributed by atoms with Crippen LogP contribution in [0.5, 0.6) is 0 Å². The molecule has 0 aliphatic heterocycles. The highest BCUT2D eigenvalue weighted by Gasteiger charge is 2.25. The first-order valence-corrected chi connectivity index (χ1v) is 8.83. The van der Waals surface area contributed by atoms with Crippen molar-refractivity contribution in [3.8, 4) is 0 Å². The zero-order chi connectivity index (χ0) is 17.4. The molecule has 1 amide bonds. The third-order valence-corrected chi connectivity index (χ3v) is 4.95. The monoisotopic (exact) mass is 334 g/mol. The number of fused-ring (bicyclic) bond motifs is 2. The van der Waals surface area contributed by atoms with Crippen LogP contribution in [-0.4, -0.2) is 22.8 Å². The van der Waals surface area contributed by atoms with Crippen LogP contribution in [0.1, 0.15) is 45.8 Å². The van der Waals surface area contributed by atoms with Gasteiger partial charge in [0.1, 0.15) is 5.76 Å². The molecule has 4 nitrogen and oxygen atoms in total. The van der Waals surface area contributed by atoms with Crippen LogP contribution in [0.25, 0.3) is 10.9 Å². The van der Waals surface area contributed by atoms with E-state index in [4.69, 9.17) is 9.40 Å². The van der Waals surface area contributed by atoms with E-state index in [2.05, 4.69) is 19.1 Å². The van der Waals surface area contributed by atoms with Gasteiger partial charge in [-0.3, -0.25) is 9.78 Å². The Balaban J connectivity index is 1.83. The van der Waals surface area contributed by atoms with Gasteiger partial charge in [0, 0.05) is 18.1 Å². The van der Waals surface area contributed by atoms with E-state index in [1.807, 2.05) is 25.2 Å². The SMILES string of the molecule is Cc1ccc2nc3c(c(C(=O)N(C)Cc4ccco4)c2c1)CCCC3. The van der Waals surface area contributed by atoms with Gasteiger partial charge >= 0.3 is 0 Å². The van der Waals surface area contributed by atoms with Gasteiger partial charge in [0.15, 0.2) is 0 Å². The quantitative estimate of drug-likeness (QED) is 0.718. The van der Waals surface area contributed by atoms with Gasteiger partial charge in [-0.25, -0.2) is 0 Å². The summed E-state index contributed by atoms with van der Waals surface area (Å²) >= 11 is 0. The number of furan rings is 1. The lowest BCUT2D eigenvalue weighted by atomic mass is 9.89. The lowest BCUT2D eigenvalue weighted by Gasteiger charge is -2.23. The first-order valence-electron chi connectivity index (χ1n) is 8.83. The second kappa shape index (κ2) is 6.36. The highest BCUT2D eigenvalue weighted by atomic mass is 16.3. The van der Waals surface area contributed by atoms with E-state index in [0.29, 0.717) is 6.54 Å². The van der Waals surface area contributed by atoms with Crippen molar-refractivity contribution in [2.45, 2.75) is 39.2 Å². The predicted molar refractivity (Wildman–Crippen MR) is 97.6 cm³/mol. The number of rotatable bonds is 3. The number of nitrogens with zero attached hydrogens (tertiary/aromatic N) is 2. The van der Waals surface area contributed by atoms with E-state index in [-0.39, 0.29) is 5.91 Å². The Labute approximate surface area is 147 Å². The first kappa shape index (κ1) is 15.9. The molecule has 0 saturated heterocycles. The number of aromatic nitrogens is 1. The van der Waals surface area contributed by atoms with Gasteiger partial charge in [-0.2, -0.15) is 0 Å². The molecule has 1 aliphatic rings. The highest BCUT2D eigenvalue weighted by Crippen LogP contribution is 2.31. The summed E-state index contributed by atoms with van der Waals surface area (Å²) in [6.45, 7) is 2.52. The van der Waals surface area contributed by atoms with Gasteiger partial charge in [-0.05, 0) is 62.4 Å². The van der Waals surface area contributed by atoms with Crippen molar-refractivity contribution in [2.75, 3.05) is 7.05 Å². The third kappa shape index (κ3) is 2.93. The molecule has 3 aromatic rings. The van der Waals surface area contributed by atoms with Gasteiger partial charge in [-0.15, -0.1) is 0 Å². The van der Waals surface area contributed by atoms with E-state index in [1.165, 1.54) is 0 Å². The van der Waals surface area contributed by atoms with Gasteiger partial charge in [0.2, 0.25) is 0 Å². The normalized spacial score (nSPS) is 13.7. The number of benzene rings is 1. The van der Waals surface area contributed by atoms with Crippen LogP contribution >= 0.6 is 0 Å². The molecule has 0 N–H and O–H groups in total. The van der Waals surface area contributed by atoms with Crippen molar-refractivity contribution in [3.63, 3.8) is 0 Å². The van der Waals surface area contributed by atoms with Crippen LogP contribution < -0.4 is 0 Å². The van der Waals surface area contributed by atoms with Crippen molar-refractivity contribution in [1.82, 2.24) is 9.88 Å². The summed E-state index contributed by atoms with van der Waals surface area (Å²) in [4.78, 5) is 19.9. The van der Waals surface area contributed by atoms with E-state index in [9.17, 15) is 4.79 Å². The molecule has 2 heterocycles. The van der Waals surface area contributed by atoms with Crippen LogP contribution in [0.4, 0.5) is 0 Å². The van der Waals surface area contributed by atoms with Crippen LogP contribution in [-0.2, 0) is 19.4 Å². The Kier molecular flexibility index (Phi) is 4.04. The average Bonchev–Trinajstić information content (AvgIpc) is 3.12. The topological polar surface area (TPSA) is 46.3 Å². The van der Waals surface area contributed by atoms with Crippen molar-refractivity contribution in [1.29, 1.82) is 0 Å². The van der Waals surface area contributed by atoms with Gasteiger partial charge in [-0.1, -0.05) is 11.6 Å².